The van der Waals surface area contributed by atoms with Crippen LogP contribution in [0, 0.1) is 11.3 Å². The molecule has 3 heteroatoms. The van der Waals surface area contributed by atoms with Gasteiger partial charge in [-0.05, 0) is 16.5 Å². The van der Waals surface area contributed by atoms with Gasteiger partial charge in [-0.1, -0.05) is 45.0 Å². The largest absolute Gasteiger partial charge is 0.464 e. The maximum absolute atomic E-state index is 10.7. The Morgan fingerprint density at radius 1 is 1.33 bits per heavy atom. The predicted molar refractivity (Wildman–Crippen MR) is 70.1 cm³/mol. The lowest BCUT2D eigenvalue weighted by atomic mass is 9.86. The van der Waals surface area contributed by atoms with E-state index in [0.29, 0.717) is 0 Å². The molecule has 0 bridgehead atoms. The van der Waals surface area contributed by atoms with Crippen molar-refractivity contribution in [2.24, 2.45) is 0 Å². The molecule has 1 atom stereocenters. The smallest absolute Gasteiger partial charge is 0.302 e. The summed E-state index contributed by atoms with van der Waals surface area (Å²) < 4.78 is 4.89. The van der Waals surface area contributed by atoms with Gasteiger partial charge in [0, 0.05) is 6.92 Å². The van der Waals surface area contributed by atoms with E-state index in [-0.39, 0.29) is 18.0 Å². The number of nitriles is 1. The van der Waals surface area contributed by atoms with Crippen LogP contribution < -0.4 is 0 Å². The van der Waals surface area contributed by atoms with Crippen LogP contribution >= 0.6 is 0 Å². The van der Waals surface area contributed by atoms with Crippen LogP contribution in [0.4, 0.5) is 0 Å². The molecule has 0 heterocycles. The lowest BCUT2D eigenvalue weighted by Gasteiger charge is -2.19. The third-order valence-electron chi connectivity index (χ3n) is 2.79. The van der Waals surface area contributed by atoms with E-state index in [4.69, 9.17) is 10.00 Å². The molecule has 0 amide bonds. The number of rotatable bonds is 3. The number of nitrogens with zero attached hydrogens (tertiary/aromatic N) is 1. The second-order valence-corrected chi connectivity index (χ2v) is 5.36. The number of esters is 1. The number of carbonyl (C=O) groups excluding carboxylic acids is 1. The highest BCUT2D eigenvalue weighted by molar-refractivity contribution is 5.66. The van der Waals surface area contributed by atoms with Gasteiger partial charge in [0.05, 0.1) is 6.07 Å². The Hall–Kier alpha value is -1.82. The van der Waals surface area contributed by atoms with Crippen LogP contribution in [0.25, 0.3) is 0 Å². The van der Waals surface area contributed by atoms with Gasteiger partial charge in [-0.3, -0.25) is 4.79 Å². The molecule has 0 radical (unpaired) electrons. The molecule has 0 saturated heterocycles. The first kappa shape index (κ1) is 14.2. The average Bonchev–Trinajstić information content (AvgIpc) is 2.29. The van der Waals surface area contributed by atoms with Crippen LogP contribution in [0.3, 0.4) is 0 Å². The van der Waals surface area contributed by atoms with E-state index in [1.165, 1.54) is 12.5 Å². The number of carbonyl (C=O) groups is 1. The quantitative estimate of drug-likeness (QED) is 0.768. The summed E-state index contributed by atoms with van der Waals surface area (Å²) >= 11 is 0. The molecule has 1 rings (SSSR count). The van der Waals surface area contributed by atoms with E-state index >= 15 is 0 Å². The van der Waals surface area contributed by atoms with Crippen molar-refractivity contribution < 1.29 is 9.53 Å². The van der Waals surface area contributed by atoms with Gasteiger partial charge in [0.25, 0.3) is 0 Å². The van der Waals surface area contributed by atoms with Crippen molar-refractivity contribution in [3.05, 3.63) is 35.4 Å². The summed E-state index contributed by atoms with van der Waals surface area (Å²) in [7, 11) is 0. The van der Waals surface area contributed by atoms with Crippen molar-refractivity contribution in [1.82, 2.24) is 0 Å². The molecule has 3 nitrogen and oxygen atoms in total. The van der Waals surface area contributed by atoms with Gasteiger partial charge in [-0.25, -0.2) is 0 Å². The Morgan fingerprint density at radius 3 is 2.28 bits per heavy atom. The van der Waals surface area contributed by atoms with Gasteiger partial charge in [-0.15, -0.1) is 0 Å². The van der Waals surface area contributed by atoms with Crippen LogP contribution in [-0.4, -0.2) is 12.6 Å². The van der Waals surface area contributed by atoms with Gasteiger partial charge in [0.15, 0.2) is 0 Å². The Kier molecular flexibility index (Phi) is 4.49. The minimum Gasteiger partial charge on any atom is -0.464 e. The second kappa shape index (κ2) is 5.68. The average molecular weight is 245 g/mol. The molecule has 0 N–H and O–H groups in total. The van der Waals surface area contributed by atoms with Crippen LogP contribution in [0.1, 0.15) is 44.7 Å². The second-order valence-electron chi connectivity index (χ2n) is 5.36. The van der Waals surface area contributed by atoms with E-state index in [0.717, 1.165) is 5.56 Å². The Bertz CT molecular complexity index is 449. The molecule has 0 aliphatic heterocycles. The fourth-order valence-electron chi connectivity index (χ4n) is 1.62. The Balaban J connectivity index is 2.83. The number of hydrogen-bond acceptors (Lipinski definition) is 3. The monoisotopic (exact) mass is 245 g/mol. The van der Waals surface area contributed by atoms with Crippen molar-refractivity contribution in [3.8, 4) is 6.07 Å². The SMILES string of the molecule is CC(=O)OCC(C#N)c1ccc(C(C)(C)C)cc1. The number of benzene rings is 1. The Labute approximate surface area is 108 Å². The molecule has 18 heavy (non-hydrogen) atoms. The summed E-state index contributed by atoms with van der Waals surface area (Å²) in [6.45, 7) is 7.88. The van der Waals surface area contributed by atoms with Crippen molar-refractivity contribution >= 4 is 5.97 Å². The molecule has 0 spiro atoms. The maximum atomic E-state index is 10.7. The van der Waals surface area contributed by atoms with Crippen LogP contribution in [-0.2, 0) is 14.9 Å². The normalized spacial score (nSPS) is 12.6. The summed E-state index contributed by atoms with van der Waals surface area (Å²) in [5.41, 5.74) is 2.19. The third kappa shape index (κ3) is 3.89. The van der Waals surface area contributed by atoms with Gasteiger partial charge >= 0.3 is 5.97 Å². The highest BCUT2D eigenvalue weighted by Gasteiger charge is 2.16. The summed E-state index contributed by atoms with van der Waals surface area (Å²) in [4.78, 5) is 10.7. The number of ether oxygens (including phenoxy) is 1. The molecule has 1 aromatic rings. The van der Waals surface area contributed by atoms with Gasteiger partial charge in [0.2, 0.25) is 0 Å². The summed E-state index contributed by atoms with van der Waals surface area (Å²) in [6, 6.07) is 10.1. The number of hydrogen-bond donors (Lipinski definition) is 0. The van der Waals surface area contributed by atoms with E-state index in [1.807, 2.05) is 24.3 Å². The van der Waals surface area contributed by atoms with Gasteiger partial charge < -0.3 is 4.74 Å². The predicted octanol–water partition coefficient (Wildman–Crippen LogP) is 3.15. The summed E-state index contributed by atoms with van der Waals surface area (Å²) in [5, 5.41) is 9.08. The fraction of sp³-hybridized carbons (Fsp3) is 0.467. The van der Waals surface area contributed by atoms with E-state index in [9.17, 15) is 4.79 Å². The standard InChI is InChI=1S/C15H19NO2/c1-11(17)18-10-13(9-16)12-5-7-14(8-6-12)15(2,3)4/h5-8,13H,10H2,1-4H3. The van der Waals surface area contributed by atoms with Crippen molar-refractivity contribution in [2.75, 3.05) is 6.61 Å². The first-order valence-electron chi connectivity index (χ1n) is 5.98. The minimum absolute atomic E-state index is 0.0938. The van der Waals surface area contributed by atoms with Crippen molar-refractivity contribution in [1.29, 1.82) is 5.26 Å². The summed E-state index contributed by atoms with van der Waals surface area (Å²) in [5.74, 6) is -0.760. The lowest BCUT2D eigenvalue weighted by molar-refractivity contribution is -0.141. The maximum Gasteiger partial charge on any atom is 0.302 e. The first-order valence-corrected chi connectivity index (χ1v) is 5.98. The lowest BCUT2D eigenvalue weighted by Crippen LogP contribution is -2.12. The van der Waals surface area contributed by atoms with Crippen molar-refractivity contribution in [2.45, 2.75) is 39.0 Å². The first-order chi connectivity index (χ1) is 8.34. The minimum atomic E-state index is -0.400. The highest BCUT2D eigenvalue weighted by atomic mass is 16.5. The zero-order valence-electron chi connectivity index (χ0n) is 11.4. The highest BCUT2D eigenvalue weighted by Crippen LogP contribution is 2.24. The van der Waals surface area contributed by atoms with E-state index in [1.54, 1.807) is 0 Å². The molecule has 96 valence electrons. The molecule has 0 saturated carbocycles. The zero-order chi connectivity index (χ0) is 13.8. The van der Waals surface area contributed by atoms with Crippen LogP contribution in [0.2, 0.25) is 0 Å². The molecule has 0 fully saturated rings. The molecular formula is C15H19NO2. The Morgan fingerprint density at radius 2 is 1.89 bits per heavy atom. The van der Waals surface area contributed by atoms with Crippen LogP contribution in [0.5, 0.6) is 0 Å². The molecule has 0 aliphatic rings. The van der Waals surface area contributed by atoms with E-state index < -0.39 is 5.92 Å². The molecule has 1 unspecified atom stereocenters. The third-order valence-corrected chi connectivity index (χ3v) is 2.79. The van der Waals surface area contributed by atoms with Gasteiger partial charge in [-0.2, -0.15) is 5.26 Å². The molecule has 1 aromatic carbocycles. The molecule has 0 aliphatic carbocycles. The molecule has 0 aromatic heterocycles. The fourth-order valence-corrected chi connectivity index (χ4v) is 1.62. The van der Waals surface area contributed by atoms with Gasteiger partial charge in [0.1, 0.15) is 12.5 Å². The van der Waals surface area contributed by atoms with E-state index in [2.05, 4.69) is 26.8 Å². The van der Waals surface area contributed by atoms with Crippen LogP contribution in [0.15, 0.2) is 24.3 Å². The topological polar surface area (TPSA) is 50.1 Å². The molecular weight excluding hydrogens is 226 g/mol. The summed E-state index contributed by atoms with van der Waals surface area (Å²) in [6.07, 6.45) is 0. The van der Waals surface area contributed by atoms with Crippen molar-refractivity contribution in [3.63, 3.8) is 0 Å². The zero-order valence-corrected chi connectivity index (χ0v) is 11.4.